The van der Waals surface area contributed by atoms with E-state index < -0.39 is 12.1 Å². The van der Waals surface area contributed by atoms with E-state index >= 15 is 0 Å². The Morgan fingerprint density at radius 2 is 2.24 bits per heavy atom. The first-order valence-corrected chi connectivity index (χ1v) is 5.90. The molecule has 1 aromatic heterocycles. The normalized spacial score (nSPS) is 14.6. The highest BCUT2D eigenvalue weighted by atomic mass is 79.9. The largest absolute Gasteiger partial charge is 0.391 e. The summed E-state index contributed by atoms with van der Waals surface area (Å²) in [4.78, 5) is 4.16. The highest BCUT2D eigenvalue weighted by Gasteiger charge is 2.19. The van der Waals surface area contributed by atoms with Crippen molar-refractivity contribution in [3.05, 3.63) is 34.6 Å². The lowest BCUT2D eigenvalue weighted by Gasteiger charge is -2.08. The molecule has 0 amide bonds. The molecule has 0 bridgehead atoms. The van der Waals surface area contributed by atoms with Crippen molar-refractivity contribution in [3.8, 4) is 11.4 Å². The Balaban J connectivity index is 2.30. The fourth-order valence-electron chi connectivity index (χ4n) is 1.32. The number of halogens is 1. The fraction of sp³-hybridized carbons (Fsp3) is 0.273. The van der Waals surface area contributed by atoms with Gasteiger partial charge in [-0.3, -0.25) is 0 Å². The lowest BCUT2D eigenvalue weighted by Crippen LogP contribution is -2.23. The summed E-state index contributed by atoms with van der Waals surface area (Å²) < 4.78 is 5.95. The number of aliphatic hydroxyl groups excluding tert-OH is 1. The van der Waals surface area contributed by atoms with Gasteiger partial charge >= 0.3 is 0 Å². The number of hydrogen-bond donors (Lipinski definition) is 2. The highest BCUT2D eigenvalue weighted by molar-refractivity contribution is 9.10. The number of nitrogens with two attached hydrogens (primary N) is 1. The molecule has 2 aromatic rings. The van der Waals surface area contributed by atoms with Crippen molar-refractivity contribution in [1.29, 1.82) is 0 Å². The van der Waals surface area contributed by atoms with Crippen molar-refractivity contribution in [3.63, 3.8) is 0 Å². The molecule has 0 fully saturated rings. The quantitative estimate of drug-likeness (QED) is 0.903. The van der Waals surface area contributed by atoms with Crippen LogP contribution in [0.15, 0.2) is 33.3 Å². The minimum atomic E-state index is -0.731. The summed E-state index contributed by atoms with van der Waals surface area (Å²) in [6, 6.07) is 6.87. The molecule has 1 heterocycles. The van der Waals surface area contributed by atoms with Crippen LogP contribution in [0.3, 0.4) is 0 Å². The van der Waals surface area contributed by atoms with Crippen LogP contribution >= 0.6 is 15.9 Å². The summed E-state index contributed by atoms with van der Waals surface area (Å²) in [7, 11) is 0. The molecule has 3 N–H and O–H groups in total. The van der Waals surface area contributed by atoms with Gasteiger partial charge in [-0.1, -0.05) is 33.2 Å². The molecule has 2 unspecified atom stereocenters. The van der Waals surface area contributed by atoms with Gasteiger partial charge in [0.05, 0.1) is 6.10 Å². The van der Waals surface area contributed by atoms with Crippen LogP contribution in [0.5, 0.6) is 0 Å². The van der Waals surface area contributed by atoms with Crippen molar-refractivity contribution in [2.45, 2.75) is 19.1 Å². The Kier molecular flexibility index (Phi) is 3.56. The fourth-order valence-corrected chi connectivity index (χ4v) is 1.72. The first-order valence-electron chi connectivity index (χ1n) is 5.11. The van der Waals surface area contributed by atoms with Gasteiger partial charge in [0.2, 0.25) is 11.7 Å². The zero-order valence-corrected chi connectivity index (χ0v) is 10.8. The molecule has 1 aromatic carbocycles. The predicted octanol–water partition coefficient (Wildman–Crippen LogP) is 1.88. The molecule has 0 saturated heterocycles. The average Bonchev–Trinajstić information content (AvgIpc) is 2.77. The van der Waals surface area contributed by atoms with Crippen LogP contribution in [0.4, 0.5) is 0 Å². The van der Waals surface area contributed by atoms with Crippen molar-refractivity contribution in [2.75, 3.05) is 0 Å². The van der Waals surface area contributed by atoms with Crippen molar-refractivity contribution in [2.24, 2.45) is 5.73 Å². The molecule has 0 aliphatic carbocycles. The molecule has 0 spiro atoms. The van der Waals surface area contributed by atoms with Gasteiger partial charge < -0.3 is 15.4 Å². The van der Waals surface area contributed by atoms with E-state index in [1.165, 1.54) is 0 Å². The third-order valence-electron chi connectivity index (χ3n) is 2.33. The van der Waals surface area contributed by atoms with Crippen LogP contribution in [-0.2, 0) is 0 Å². The molecule has 0 radical (unpaired) electrons. The van der Waals surface area contributed by atoms with E-state index in [1.54, 1.807) is 6.92 Å². The van der Waals surface area contributed by atoms with Crippen LogP contribution in [0.25, 0.3) is 11.4 Å². The van der Waals surface area contributed by atoms with Gasteiger partial charge in [0.25, 0.3) is 0 Å². The second kappa shape index (κ2) is 4.95. The summed E-state index contributed by atoms with van der Waals surface area (Å²) in [5.41, 5.74) is 6.53. The Bertz CT molecular complexity index is 513. The van der Waals surface area contributed by atoms with Crippen molar-refractivity contribution in [1.82, 2.24) is 10.1 Å². The summed E-state index contributed by atoms with van der Waals surface area (Å²) in [6.45, 7) is 1.58. The molecule has 0 saturated carbocycles. The topological polar surface area (TPSA) is 85.2 Å². The van der Waals surface area contributed by atoms with E-state index in [1.807, 2.05) is 24.3 Å². The third kappa shape index (κ3) is 2.71. The highest BCUT2D eigenvalue weighted by Crippen LogP contribution is 2.22. The number of nitrogens with zero attached hydrogens (tertiary/aromatic N) is 2. The van der Waals surface area contributed by atoms with E-state index in [0.29, 0.717) is 5.82 Å². The van der Waals surface area contributed by atoms with E-state index in [-0.39, 0.29) is 5.89 Å². The maximum Gasteiger partial charge on any atom is 0.246 e. The first-order chi connectivity index (χ1) is 8.08. The van der Waals surface area contributed by atoms with Crippen LogP contribution < -0.4 is 5.73 Å². The standard InChI is InChI=1S/C11H12BrN3O2/c1-6(16)9(13)11-14-10(15-17-11)7-3-2-4-8(12)5-7/h2-6,9,16H,13H2,1H3. The number of aliphatic hydroxyl groups is 1. The van der Waals surface area contributed by atoms with Gasteiger partial charge in [0.1, 0.15) is 6.04 Å². The summed E-state index contributed by atoms with van der Waals surface area (Å²) in [5.74, 6) is 0.687. The van der Waals surface area contributed by atoms with E-state index in [4.69, 9.17) is 10.3 Å². The van der Waals surface area contributed by atoms with E-state index in [2.05, 4.69) is 26.1 Å². The molecule has 2 atom stereocenters. The Morgan fingerprint density at radius 1 is 1.47 bits per heavy atom. The van der Waals surface area contributed by atoms with Crippen LogP contribution in [-0.4, -0.2) is 21.4 Å². The Hall–Kier alpha value is -1.24. The smallest absolute Gasteiger partial charge is 0.246 e. The summed E-state index contributed by atoms with van der Waals surface area (Å²) in [5, 5.41) is 13.2. The van der Waals surface area contributed by atoms with Gasteiger partial charge in [0.15, 0.2) is 0 Å². The van der Waals surface area contributed by atoms with E-state index in [0.717, 1.165) is 10.0 Å². The average molecular weight is 298 g/mol. The number of aromatic nitrogens is 2. The number of rotatable bonds is 3. The molecule has 0 aliphatic rings. The minimum Gasteiger partial charge on any atom is -0.391 e. The van der Waals surface area contributed by atoms with Crippen LogP contribution in [0, 0.1) is 0 Å². The SMILES string of the molecule is CC(O)C(N)c1nc(-c2cccc(Br)c2)no1. The van der Waals surface area contributed by atoms with Gasteiger partial charge in [0, 0.05) is 10.0 Å². The molecular weight excluding hydrogens is 286 g/mol. The van der Waals surface area contributed by atoms with E-state index in [9.17, 15) is 5.11 Å². The number of benzene rings is 1. The predicted molar refractivity (Wildman–Crippen MR) is 66.0 cm³/mol. The zero-order valence-electron chi connectivity index (χ0n) is 9.17. The Morgan fingerprint density at radius 3 is 2.88 bits per heavy atom. The molecule has 0 aliphatic heterocycles. The maximum absolute atomic E-state index is 9.34. The van der Waals surface area contributed by atoms with Crippen LogP contribution in [0.1, 0.15) is 18.9 Å². The molecule has 5 nitrogen and oxygen atoms in total. The molecule has 17 heavy (non-hydrogen) atoms. The molecule has 90 valence electrons. The first kappa shape index (κ1) is 12.2. The second-order valence-corrected chi connectivity index (χ2v) is 4.65. The van der Waals surface area contributed by atoms with Gasteiger partial charge in [-0.05, 0) is 19.1 Å². The Labute approximate surface area is 107 Å². The minimum absolute atomic E-state index is 0.231. The summed E-state index contributed by atoms with van der Waals surface area (Å²) in [6.07, 6.45) is -0.731. The van der Waals surface area contributed by atoms with Gasteiger partial charge in [-0.25, -0.2) is 0 Å². The van der Waals surface area contributed by atoms with Gasteiger partial charge in [-0.2, -0.15) is 4.98 Å². The maximum atomic E-state index is 9.34. The molecule has 2 rings (SSSR count). The monoisotopic (exact) mass is 297 g/mol. The molecule has 6 heteroatoms. The summed E-state index contributed by atoms with van der Waals surface area (Å²) >= 11 is 3.37. The molecular formula is C11H12BrN3O2. The van der Waals surface area contributed by atoms with Crippen LogP contribution in [0.2, 0.25) is 0 Å². The second-order valence-electron chi connectivity index (χ2n) is 3.73. The third-order valence-corrected chi connectivity index (χ3v) is 2.82. The van der Waals surface area contributed by atoms with Crippen molar-refractivity contribution >= 4 is 15.9 Å². The van der Waals surface area contributed by atoms with Crippen molar-refractivity contribution < 1.29 is 9.63 Å². The van der Waals surface area contributed by atoms with Gasteiger partial charge in [-0.15, -0.1) is 0 Å². The zero-order chi connectivity index (χ0) is 12.4. The number of hydrogen-bond acceptors (Lipinski definition) is 5. The lowest BCUT2D eigenvalue weighted by molar-refractivity contribution is 0.146. The lowest BCUT2D eigenvalue weighted by atomic mass is 10.2.